The number of aromatic nitrogens is 1. The molecular formula is C23H15Cl2N3O3S. The molecule has 32 heavy (non-hydrogen) atoms. The molecule has 4 aromatic rings. The van der Waals surface area contributed by atoms with Crippen LogP contribution in [0.5, 0.6) is 0 Å². The lowest BCUT2D eigenvalue weighted by Gasteiger charge is -2.13. The van der Waals surface area contributed by atoms with E-state index in [9.17, 15) is 13.2 Å². The molecular weight excluding hydrogens is 469 g/mol. The molecule has 0 unspecified atom stereocenters. The van der Waals surface area contributed by atoms with Gasteiger partial charge in [-0.05, 0) is 47.3 Å². The SMILES string of the molecule is O=C1Cc2cc(S(=O)(=O)Nc3ccc(Cl)c(-c4nccc5ccccc45)c3)c(Cl)cc2N1. The fourth-order valence-corrected chi connectivity index (χ4v) is 5.58. The average Bonchev–Trinajstić information content (AvgIpc) is 3.13. The van der Waals surface area contributed by atoms with Gasteiger partial charge in [0.15, 0.2) is 0 Å². The number of hydrogen-bond acceptors (Lipinski definition) is 4. The predicted octanol–water partition coefficient (Wildman–Crippen LogP) is 5.50. The molecule has 1 amide bonds. The first-order valence-corrected chi connectivity index (χ1v) is 11.8. The van der Waals surface area contributed by atoms with E-state index in [1.807, 2.05) is 30.3 Å². The van der Waals surface area contributed by atoms with Gasteiger partial charge in [-0.3, -0.25) is 14.5 Å². The summed E-state index contributed by atoms with van der Waals surface area (Å²) < 4.78 is 28.8. The van der Waals surface area contributed by atoms with Crippen LogP contribution in [-0.2, 0) is 21.2 Å². The Morgan fingerprint density at radius 3 is 2.62 bits per heavy atom. The Morgan fingerprint density at radius 1 is 0.969 bits per heavy atom. The second kappa shape index (κ2) is 7.78. The van der Waals surface area contributed by atoms with Crippen molar-refractivity contribution in [3.8, 4) is 11.3 Å². The van der Waals surface area contributed by atoms with Crippen molar-refractivity contribution in [2.45, 2.75) is 11.3 Å². The molecule has 5 rings (SSSR count). The van der Waals surface area contributed by atoms with Gasteiger partial charge in [0, 0.05) is 28.5 Å². The molecule has 9 heteroatoms. The van der Waals surface area contributed by atoms with Gasteiger partial charge < -0.3 is 5.32 Å². The van der Waals surface area contributed by atoms with Gasteiger partial charge in [0.05, 0.1) is 22.2 Å². The minimum atomic E-state index is -4.02. The van der Waals surface area contributed by atoms with Crippen molar-refractivity contribution in [3.05, 3.63) is 82.5 Å². The van der Waals surface area contributed by atoms with E-state index in [0.29, 0.717) is 33.2 Å². The number of carbonyl (C=O) groups is 1. The van der Waals surface area contributed by atoms with Crippen molar-refractivity contribution >= 4 is 61.3 Å². The number of rotatable bonds is 4. The monoisotopic (exact) mass is 483 g/mol. The first kappa shape index (κ1) is 20.8. The maximum absolute atomic E-state index is 13.1. The smallest absolute Gasteiger partial charge is 0.263 e. The highest BCUT2D eigenvalue weighted by molar-refractivity contribution is 7.92. The van der Waals surface area contributed by atoms with Crippen molar-refractivity contribution in [3.63, 3.8) is 0 Å². The van der Waals surface area contributed by atoms with Crippen LogP contribution in [0.15, 0.2) is 71.8 Å². The Kier molecular flexibility index (Phi) is 5.04. The number of amides is 1. The topological polar surface area (TPSA) is 88.2 Å². The van der Waals surface area contributed by atoms with E-state index in [1.165, 1.54) is 12.1 Å². The van der Waals surface area contributed by atoms with Crippen LogP contribution in [0.1, 0.15) is 5.56 Å². The molecule has 160 valence electrons. The highest BCUT2D eigenvalue weighted by atomic mass is 35.5. The summed E-state index contributed by atoms with van der Waals surface area (Å²) in [4.78, 5) is 16.0. The number of sulfonamides is 1. The predicted molar refractivity (Wildman–Crippen MR) is 127 cm³/mol. The molecule has 1 aromatic heterocycles. The summed E-state index contributed by atoms with van der Waals surface area (Å²) in [5.41, 5.74) is 2.66. The molecule has 0 saturated carbocycles. The van der Waals surface area contributed by atoms with Crippen molar-refractivity contribution in [1.82, 2.24) is 4.98 Å². The molecule has 0 bridgehead atoms. The normalized spacial score (nSPS) is 13.1. The summed E-state index contributed by atoms with van der Waals surface area (Å²) in [6.07, 6.45) is 1.79. The standard InChI is InChI=1S/C23H15Cl2N3O3S/c24-18-6-5-15(11-17(18)23-16-4-2-1-3-13(16)7-8-26-23)28-32(30,31)21-9-14-10-22(29)27-20(14)12-19(21)25/h1-9,11-12,28H,10H2,(H,27,29). The maximum atomic E-state index is 13.1. The Balaban J connectivity index is 1.55. The van der Waals surface area contributed by atoms with Crippen LogP contribution >= 0.6 is 23.2 Å². The number of hydrogen-bond donors (Lipinski definition) is 2. The van der Waals surface area contributed by atoms with Gasteiger partial charge in [-0.15, -0.1) is 0 Å². The molecule has 3 aromatic carbocycles. The molecule has 0 atom stereocenters. The van der Waals surface area contributed by atoms with Gasteiger partial charge in [0.1, 0.15) is 4.90 Å². The van der Waals surface area contributed by atoms with Crippen molar-refractivity contribution in [2.24, 2.45) is 0 Å². The minimum Gasteiger partial charge on any atom is -0.325 e. The number of halogens is 2. The van der Waals surface area contributed by atoms with Gasteiger partial charge in [-0.1, -0.05) is 47.5 Å². The second-order valence-electron chi connectivity index (χ2n) is 7.35. The zero-order valence-corrected chi connectivity index (χ0v) is 18.7. The number of carbonyl (C=O) groups excluding carboxylic acids is 1. The summed E-state index contributed by atoms with van der Waals surface area (Å²) in [5.74, 6) is -0.205. The third kappa shape index (κ3) is 3.68. The number of fused-ring (bicyclic) bond motifs is 2. The Bertz CT molecular complexity index is 1520. The van der Waals surface area contributed by atoms with Gasteiger partial charge in [-0.2, -0.15) is 0 Å². The molecule has 0 spiro atoms. The summed E-state index contributed by atoms with van der Waals surface area (Å²) in [6.45, 7) is 0. The Labute approximate surface area is 194 Å². The lowest BCUT2D eigenvalue weighted by molar-refractivity contribution is -0.115. The number of nitrogens with zero attached hydrogens (tertiary/aromatic N) is 1. The molecule has 0 radical (unpaired) electrons. The van der Waals surface area contributed by atoms with Crippen LogP contribution in [0.3, 0.4) is 0 Å². The molecule has 0 saturated heterocycles. The average molecular weight is 484 g/mol. The van der Waals surface area contributed by atoms with Gasteiger partial charge in [0.25, 0.3) is 10.0 Å². The van der Waals surface area contributed by atoms with Crippen LogP contribution in [0.2, 0.25) is 10.0 Å². The van der Waals surface area contributed by atoms with Gasteiger partial charge in [-0.25, -0.2) is 8.42 Å². The molecule has 2 N–H and O–H groups in total. The first-order chi connectivity index (χ1) is 15.3. The van der Waals surface area contributed by atoms with E-state index >= 15 is 0 Å². The van der Waals surface area contributed by atoms with E-state index in [0.717, 1.165) is 10.8 Å². The number of anilines is 2. The fourth-order valence-electron chi connectivity index (χ4n) is 3.75. The molecule has 0 aliphatic carbocycles. The lowest BCUT2D eigenvalue weighted by Crippen LogP contribution is -2.14. The highest BCUT2D eigenvalue weighted by Crippen LogP contribution is 2.36. The van der Waals surface area contributed by atoms with E-state index in [2.05, 4.69) is 15.0 Å². The second-order valence-corrected chi connectivity index (χ2v) is 9.81. The Morgan fingerprint density at radius 2 is 1.78 bits per heavy atom. The third-order valence-electron chi connectivity index (χ3n) is 5.22. The van der Waals surface area contributed by atoms with Crippen molar-refractivity contribution in [1.29, 1.82) is 0 Å². The summed E-state index contributed by atoms with van der Waals surface area (Å²) in [5, 5.41) is 5.00. The van der Waals surface area contributed by atoms with E-state index in [-0.39, 0.29) is 22.2 Å². The fraction of sp³-hybridized carbons (Fsp3) is 0.0435. The zero-order chi connectivity index (χ0) is 22.5. The molecule has 2 heterocycles. The quantitative estimate of drug-likeness (QED) is 0.400. The number of pyridine rings is 1. The van der Waals surface area contributed by atoms with Crippen molar-refractivity contribution in [2.75, 3.05) is 10.0 Å². The van der Waals surface area contributed by atoms with Crippen LogP contribution < -0.4 is 10.0 Å². The zero-order valence-electron chi connectivity index (χ0n) is 16.4. The van der Waals surface area contributed by atoms with Crippen LogP contribution in [0.4, 0.5) is 11.4 Å². The minimum absolute atomic E-state index is 0.0170. The molecule has 1 aliphatic rings. The van der Waals surface area contributed by atoms with Crippen molar-refractivity contribution < 1.29 is 13.2 Å². The lowest BCUT2D eigenvalue weighted by atomic mass is 10.0. The maximum Gasteiger partial charge on any atom is 0.263 e. The largest absolute Gasteiger partial charge is 0.325 e. The van der Waals surface area contributed by atoms with E-state index in [1.54, 1.807) is 24.4 Å². The van der Waals surface area contributed by atoms with Crippen LogP contribution in [0.25, 0.3) is 22.0 Å². The van der Waals surface area contributed by atoms with Crippen LogP contribution in [0, 0.1) is 0 Å². The van der Waals surface area contributed by atoms with E-state index in [4.69, 9.17) is 23.2 Å². The highest BCUT2D eigenvalue weighted by Gasteiger charge is 2.25. The number of nitrogens with one attached hydrogen (secondary N) is 2. The van der Waals surface area contributed by atoms with Gasteiger partial charge in [0.2, 0.25) is 5.91 Å². The first-order valence-electron chi connectivity index (χ1n) is 9.60. The summed E-state index contributed by atoms with van der Waals surface area (Å²) in [6, 6.07) is 17.3. The summed E-state index contributed by atoms with van der Waals surface area (Å²) in [7, 11) is -4.02. The van der Waals surface area contributed by atoms with Crippen LogP contribution in [-0.4, -0.2) is 19.3 Å². The molecule has 1 aliphatic heterocycles. The van der Waals surface area contributed by atoms with Gasteiger partial charge >= 0.3 is 0 Å². The third-order valence-corrected chi connectivity index (χ3v) is 7.40. The molecule has 0 fully saturated rings. The van der Waals surface area contributed by atoms with E-state index < -0.39 is 10.0 Å². The Hall–Kier alpha value is -3.13. The molecule has 6 nitrogen and oxygen atoms in total. The summed E-state index contributed by atoms with van der Waals surface area (Å²) >= 11 is 12.7. The number of benzene rings is 3.